The Labute approximate surface area is 118 Å². The predicted molar refractivity (Wildman–Crippen MR) is 70.7 cm³/mol. The highest BCUT2D eigenvalue weighted by molar-refractivity contribution is 9.10. The largest absolute Gasteiger partial charge is 0.388 e. The van der Waals surface area contributed by atoms with Crippen LogP contribution in [0.15, 0.2) is 22.7 Å². The fourth-order valence-electron chi connectivity index (χ4n) is 1.96. The van der Waals surface area contributed by atoms with Gasteiger partial charge in [-0.15, -0.1) is 0 Å². The highest BCUT2D eigenvalue weighted by atomic mass is 79.9. The molecule has 3 nitrogen and oxygen atoms in total. The van der Waals surface area contributed by atoms with E-state index >= 15 is 0 Å². The van der Waals surface area contributed by atoms with E-state index in [2.05, 4.69) is 21.0 Å². The van der Waals surface area contributed by atoms with Crippen molar-refractivity contribution in [2.24, 2.45) is 7.05 Å². The van der Waals surface area contributed by atoms with Crippen molar-refractivity contribution in [3.05, 3.63) is 51.3 Å². The molecule has 19 heavy (non-hydrogen) atoms. The van der Waals surface area contributed by atoms with Crippen LogP contribution >= 0.6 is 15.9 Å². The normalized spacial score (nSPS) is 12.7. The average Bonchev–Trinajstić information content (AvgIpc) is 2.59. The minimum absolute atomic E-state index is 0.0502. The second-order valence-electron chi connectivity index (χ2n) is 4.36. The van der Waals surface area contributed by atoms with E-state index < -0.39 is 17.7 Å². The van der Waals surface area contributed by atoms with Gasteiger partial charge in [0.05, 0.1) is 22.0 Å². The standard InChI is InChI=1S/C13H13BrF2N2O/c1-7-13(14)11(18(2)17-7)6-12(19)9-5-8(15)3-4-10(9)16/h3-5,12,19H,6H2,1-2H3. The molecule has 1 aromatic carbocycles. The second kappa shape index (κ2) is 5.38. The maximum Gasteiger partial charge on any atom is 0.129 e. The van der Waals surface area contributed by atoms with Crippen LogP contribution in [0, 0.1) is 18.6 Å². The van der Waals surface area contributed by atoms with E-state index in [1.54, 1.807) is 11.7 Å². The molecule has 1 heterocycles. The average molecular weight is 331 g/mol. The van der Waals surface area contributed by atoms with Crippen molar-refractivity contribution in [2.75, 3.05) is 0 Å². The van der Waals surface area contributed by atoms with Crippen LogP contribution in [-0.4, -0.2) is 14.9 Å². The number of benzene rings is 1. The molecular weight excluding hydrogens is 318 g/mol. The summed E-state index contributed by atoms with van der Waals surface area (Å²) in [6.07, 6.45) is -0.972. The third-order valence-corrected chi connectivity index (χ3v) is 4.00. The van der Waals surface area contributed by atoms with Crippen LogP contribution < -0.4 is 0 Å². The maximum atomic E-state index is 13.6. The van der Waals surface area contributed by atoms with E-state index in [4.69, 9.17) is 0 Å². The third-order valence-electron chi connectivity index (χ3n) is 2.97. The summed E-state index contributed by atoms with van der Waals surface area (Å²) in [7, 11) is 1.74. The molecule has 1 unspecified atom stereocenters. The van der Waals surface area contributed by atoms with Crippen molar-refractivity contribution in [3.8, 4) is 0 Å². The monoisotopic (exact) mass is 330 g/mol. The topological polar surface area (TPSA) is 38.0 Å². The number of rotatable bonds is 3. The quantitative estimate of drug-likeness (QED) is 0.939. The van der Waals surface area contributed by atoms with Gasteiger partial charge in [0.25, 0.3) is 0 Å². The zero-order valence-electron chi connectivity index (χ0n) is 10.5. The first-order valence-corrected chi connectivity index (χ1v) is 6.50. The van der Waals surface area contributed by atoms with Gasteiger partial charge < -0.3 is 5.11 Å². The van der Waals surface area contributed by atoms with Crippen LogP contribution in [-0.2, 0) is 13.5 Å². The summed E-state index contributed by atoms with van der Waals surface area (Å²) in [6, 6.07) is 3.05. The van der Waals surface area contributed by atoms with Crippen molar-refractivity contribution in [2.45, 2.75) is 19.4 Å². The molecule has 0 radical (unpaired) electrons. The first-order valence-electron chi connectivity index (χ1n) is 5.71. The summed E-state index contributed by atoms with van der Waals surface area (Å²) in [5.41, 5.74) is 1.46. The highest BCUT2D eigenvalue weighted by Gasteiger charge is 2.19. The van der Waals surface area contributed by atoms with Crippen LogP contribution in [0.3, 0.4) is 0 Å². The molecule has 0 saturated heterocycles. The summed E-state index contributed by atoms with van der Waals surface area (Å²) in [4.78, 5) is 0. The molecule has 0 amide bonds. The van der Waals surface area contributed by atoms with Gasteiger partial charge in [-0.25, -0.2) is 8.78 Å². The number of aryl methyl sites for hydroxylation is 2. The van der Waals surface area contributed by atoms with Gasteiger partial charge in [0, 0.05) is 19.0 Å². The molecule has 0 spiro atoms. The lowest BCUT2D eigenvalue weighted by molar-refractivity contribution is 0.170. The second-order valence-corrected chi connectivity index (χ2v) is 5.15. The van der Waals surface area contributed by atoms with Crippen molar-refractivity contribution in [1.82, 2.24) is 9.78 Å². The van der Waals surface area contributed by atoms with E-state index in [1.165, 1.54) is 0 Å². The molecule has 0 aliphatic carbocycles. The van der Waals surface area contributed by atoms with E-state index in [-0.39, 0.29) is 12.0 Å². The highest BCUT2D eigenvalue weighted by Crippen LogP contribution is 2.27. The number of aliphatic hydroxyl groups is 1. The number of nitrogens with zero attached hydrogens (tertiary/aromatic N) is 2. The van der Waals surface area contributed by atoms with Crippen molar-refractivity contribution in [3.63, 3.8) is 0 Å². The van der Waals surface area contributed by atoms with E-state index in [9.17, 15) is 13.9 Å². The Morgan fingerprint density at radius 3 is 2.68 bits per heavy atom. The molecule has 0 fully saturated rings. The van der Waals surface area contributed by atoms with E-state index in [0.29, 0.717) is 0 Å². The van der Waals surface area contributed by atoms with Gasteiger partial charge >= 0.3 is 0 Å². The zero-order valence-corrected chi connectivity index (χ0v) is 12.1. The fourth-order valence-corrected chi connectivity index (χ4v) is 2.46. The minimum Gasteiger partial charge on any atom is -0.388 e. The lowest BCUT2D eigenvalue weighted by Crippen LogP contribution is -2.09. The first kappa shape index (κ1) is 14.1. The van der Waals surface area contributed by atoms with Crippen LogP contribution in [0.5, 0.6) is 0 Å². The SMILES string of the molecule is Cc1nn(C)c(CC(O)c2cc(F)ccc2F)c1Br. The summed E-state index contributed by atoms with van der Waals surface area (Å²) < 4.78 is 29.1. The molecule has 1 N–H and O–H groups in total. The van der Waals surface area contributed by atoms with Crippen molar-refractivity contribution in [1.29, 1.82) is 0 Å². The number of hydrogen-bond acceptors (Lipinski definition) is 2. The van der Waals surface area contributed by atoms with Gasteiger partial charge in [0.2, 0.25) is 0 Å². The number of aliphatic hydroxyl groups excluding tert-OH is 1. The third kappa shape index (κ3) is 2.84. The van der Waals surface area contributed by atoms with Crippen LogP contribution in [0.1, 0.15) is 23.1 Å². The Morgan fingerprint density at radius 2 is 2.11 bits per heavy atom. The Balaban J connectivity index is 2.30. The molecular formula is C13H13BrF2N2O. The minimum atomic E-state index is -1.12. The van der Waals surface area contributed by atoms with E-state index in [1.807, 2.05) is 6.92 Å². The molecule has 2 aromatic rings. The summed E-state index contributed by atoms with van der Waals surface area (Å²) in [5, 5.41) is 14.3. The summed E-state index contributed by atoms with van der Waals surface area (Å²) in [5.74, 6) is -1.19. The smallest absolute Gasteiger partial charge is 0.129 e. The van der Waals surface area contributed by atoms with Gasteiger partial charge in [0.1, 0.15) is 11.6 Å². The molecule has 6 heteroatoms. The van der Waals surface area contributed by atoms with Crippen molar-refractivity contribution < 1.29 is 13.9 Å². The molecule has 0 bridgehead atoms. The first-order chi connectivity index (χ1) is 8.90. The lowest BCUT2D eigenvalue weighted by atomic mass is 10.0. The van der Waals surface area contributed by atoms with Gasteiger partial charge in [-0.1, -0.05) is 0 Å². The summed E-state index contributed by atoms with van der Waals surface area (Å²) in [6.45, 7) is 1.82. The molecule has 102 valence electrons. The molecule has 1 atom stereocenters. The fraction of sp³-hybridized carbons (Fsp3) is 0.308. The summed E-state index contributed by atoms with van der Waals surface area (Å²) >= 11 is 3.37. The van der Waals surface area contributed by atoms with Crippen molar-refractivity contribution >= 4 is 15.9 Å². The molecule has 2 rings (SSSR count). The van der Waals surface area contributed by atoms with Gasteiger partial charge in [-0.2, -0.15) is 5.10 Å². The van der Waals surface area contributed by atoms with Gasteiger partial charge in [-0.3, -0.25) is 4.68 Å². The molecule has 0 aliphatic heterocycles. The number of aromatic nitrogens is 2. The number of halogens is 3. The van der Waals surface area contributed by atoms with Crippen LogP contribution in [0.25, 0.3) is 0 Å². The lowest BCUT2D eigenvalue weighted by Gasteiger charge is -2.12. The molecule has 1 aromatic heterocycles. The Hall–Kier alpha value is -1.27. The zero-order chi connectivity index (χ0) is 14.2. The maximum absolute atomic E-state index is 13.6. The van der Waals surface area contributed by atoms with Gasteiger partial charge in [0.15, 0.2) is 0 Å². The van der Waals surface area contributed by atoms with Gasteiger partial charge in [-0.05, 0) is 41.1 Å². The van der Waals surface area contributed by atoms with Crippen LogP contribution in [0.2, 0.25) is 0 Å². The predicted octanol–water partition coefficient (Wildman–Crippen LogP) is 3.05. The van der Waals surface area contributed by atoms with E-state index in [0.717, 1.165) is 34.1 Å². The molecule has 0 aliphatic rings. The Bertz CT molecular complexity index is 613. The van der Waals surface area contributed by atoms with Crippen LogP contribution in [0.4, 0.5) is 8.78 Å². The Kier molecular flexibility index (Phi) is 4.01. The Morgan fingerprint density at radius 1 is 1.42 bits per heavy atom. The number of hydrogen-bond donors (Lipinski definition) is 1. The molecule has 0 saturated carbocycles.